The van der Waals surface area contributed by atoms with E-state index in [9.17, 15) is 4.79 Å². The van der Waals surface area contributed by atoms with Gasteiger partial charge in [0.1, 0.15) is 0 Å². The number of hydrogen-bond acceptors (Lipinski definition) is 4. The van der Waals surface area contributed by atoms with Gasteiger partial charge in [0.25, 0.3) is 0 Å². The first-order valence-electron chi connectivity index (χ1n) is 6.09. The Morgan fingerprint density at radius 1 is 1.20 bits per heavy atom. The predicted molar refractivity (Wildman–Crippen MR) is 79.7 cm³/mol. The zero-order chi connectivity index (χ0) is 13.8. The molecule has 0 radical (unpaired) electrons. The standard InChI is InChI=1S/C14H12N4OS/c19-13(16-10-5-7-15-8-6-10)9-20-14-17-11-3-1-2-4-12(11)18-14/h1-8H,9H2,(H,17,18)(H,15,16,19). The first kappa shape index (κ1) is 12.7. The fraction of sp³-hybridized carbons (Fsp3) is 0.0714. The van der Waals surface area contributed by atoms with Crippen molar-refractivity contribution in [2.75, 3.05) is 11.1 Å². The Bertz CT molecular complexity index is 693. The van der Waals surface area contributed by atoms with Gasteiger partial charge in [-0.1, -0.05) is 23.9 Å². The molecule has 0 aliphatic rings. The third-order valence-electron chi connectivity index (χ3n) is 2.67. The molecule has 2 aromatic heterocycles. The molecule has 6 heteroatoms. The van der Waals surface area contributed by atoms with Gasteiger partial charge in [0.2, 0.25) is 5.91 Å². The number of thioether (sulfide) groups is 1. The third-order valence-corrected chi connectivity index (χ3v) is 3.55. The molecule has 0 saturated heterocycles. The van der Waals surface area contributed by atoms with E-state index in [1.54, 1.807) is 24.5 Å². The van der Waals surface area contributed by atoms with E-state index >= 15 is 0 Å². The molecule has 100 valence electrons. The highest BCUT2D eigenvalue weighted by Gasteiger charge is 2.07. The Kier molecular flexibility index (Phi) is 3.64. The SMILES string of the molecule is O=C(CSc1nc2ccccc2[nH]1)Nc1ccncc1. The number of imidazole rings is 1. The van der Waals surface area contributed by atoms with Crippen LogP contribution in [-0.4, -0.2) is 26.6 Å². The van der Waals surface area contributed by atoms with E-state index in [0.717, 1.165) is 21.9 Å². The van der Waals surface area contributed by atoms with Crippen molar-refractivity contribution in [3.05, 3.63) is 48.8 Å². The maximum Gasteiger partial charge on any atom is 0.234 e. The van der Waals surface area contributed by atoms with Crippen LogP contribution in [0.25, 0.3) is 11.0 Å². The smallest absolute Gasteiger partial charge is 0.234 e. The average molecular weight is 284 g/mol. The number of anilines is 1. The molecule has 2 heterocycles. The molecule has 0 aliphatic carbocycles. The van der Waals surface area contributed by atoms with Crippen molar-refractivity contribution < 1.29 is 4.79 Å². The number of rotatable bonds is 4. The van der Waals surface area contributed by atoms with Crippen molar-refractivity contribution in [1.82, 2.24) is 15.0 Å². The molecule has 0 atom stereocenters. The second-order valence-corrected chi connectivity index (χ2v) is 5.10. The van der Waals surface area contributed by atoms with E-state index < -0.39 is 0 Å². The number of carbonyl (C=O) groups excluding carboxylic acids is 1. The van der Waals surface area contributed by atoms with Crippen molar-refractivity contribution in [3.8, 4) is 0 Å². The normalized spacial score (nSPS) is 10.6. The van der Waals surface area contributed by atoms with Gasteiger partial charge in [0.05, 0.1) is 16.8 Å². The summed E-state index contributed by atoms with van der Waals surface area (Å²) in [6.07, 6.45) is 3.28. The number of pyridine rings is 1. The molecule has 0 aliphatic heterocycles. The van der Waals surface area contributed by atoms with Crippen LogP contribution in [0.1, 0.15) is 0 Å². The summed E-state index contributed by atoms with van der Waals surface area (Å²) >= 11 is 1.38. The lowest BCUT2D eigenvalue weighted by atomic mass is 10.3. The van der Waals surface area contributed by atoms with E-state index in [4.69, 9.17) is 0 Å². The van der Waals surface area contributed by atoms with Gasteiger partial charge in [0.15, 0.2) is 5.16 Å². The first-order valence-corrected chi connectivity index (χ1v) is 7.07. The lowest BCUT2D eigenvalue weighted by molar-refractivity contribution is -0.113. The number of nitrogens with zero attached hydrogens (tertiary/aromatic N) is 2. The largest absolute Gasteiger partial charge is 0.333 e. The van der Waals surface area contributed by atoms with Crippen molar-refractivity contribution >= 4 is 34.4 Å². The molecule has 0 saturated carbocycles. The number of carbonyl (C=O) groups is 1. The molecule has 0 bridgehead atoms. The number of H-pyrrole nitrogens is 1. The fourth-order valence-electron chi connectivity index (χ4n) is 1.76. The monoisotopic (exact) mass is 284 g/mol. The van der Waals surface area contributed by atoms with Gasteiger partial charge in [-0.05, 0) is 24.3 Å². The van der Waals surface area contributed by atoms with Crippen molar-refractivity contribution in [1.29, 1.82) is 0 Å². The van der Waals surface area contributed by atoms with E-state index in [1.165, 1.54) is 11.8 Å². The van der Waals surface area contributed by atoms with Crippen LogP contribution in [0.5, 0.6) is 0 Å². The summed E-state index contributed by atoms with van der Waals surface area (Å²) in [5, 5.41) is 3.55. The number of aromatic nitrogens is 3. The van der Waals surface area contributed by atoms with Gasteiger partial charge < -0.3 is 10.3 Å². The van der Waals surface area contributed by atoms with Crippen LogP contribution in [0.2, 0.25) is 0 Å². The predicted octanol–water partition coefficient (Wildman–Crippen LogP) is 2.69. The van der Waals surface area contributed by atoms with Crippen LogP contribution in [0.15, 0.2) is 53.9 Å². The Morgan fingerprint density at radius 2 is 2.00 bits per heavy atom. The van der Waals surface area contributed by atoms with Gasteiger partial charge in [-0.15, -0.1) is 0 Å². The van der Waals surface area contributed by atoms with Crippen molar-refractivity contribution in [3.63, 3.8) is 0 Å². The minimum Gasteiger partial charge on any atom is -0.333 e. The molecule has 3 rings (SSSR count). The van der Waals surface area contributed by atoms with Gasteiger partial charge >= 0.3 is 0 Å². The summed E-state index contributed by atoms with van der Waals surface area (Å²) in [4.78, 5) is 23.3. The molecule has 20 heavy (non-hydrogen) atoms. The van der Waals surface area contributed by atoms with E-state index in [2.05, 4.69) is 20.3 Å². The number of nitrogens with one attached hydrogen (secondary N) is 2. The van der Waals surface area contributed by atoms with Crippen LogP contribution < -0.4 is 5.32 Å². The molecule has 5 nitrogen and oxygen atoms in total. The molecular formula is C14H12N4OS. The summed E-state index contributed by atoms with van der Waals surface area (Å²) < 4.78 is 0. The van der Waals surface area contributed by atoms with Crippen LogP contribution in [0.3, 0.4) is 0 Å². The molecule has 0 fully saturated rings. The third kappa shape index (κ3) is 2.97. The minimum atomic E-state index is -0.0679. The van der Waals surface area contributed by atoms with Crippen LogP contribution >= 0.6 is 11.8 Å². The van der Waals surface area contributed by atoms with Gasteiger partial charge in [-0.25, -0.2) is 4.98 Å². The average Bonchev–Trinajstić information content (AvgIpc) is 2.89. The molecule has 1 amide bonds. The second kappa shape index (κ2) is 5.75. The zero-order valence-corrected chi connectivity index (χ0v) is 11.4. The number of amides is 1. The summed E-state index contributed by atoms with van der Waals surface area (Å²) in [7, 11) is 0. The molecule has 0 spiro atoms. The summed E-state index contributed by atoms with van der Waals surface area (Å²) in [6.45, 7) is 0. The van der Waals surface area contributed by atoms with Crippen molar-refractivity contribution in [2.24, 2.45) is 0 Å². The lowest BCUT2D eigenvalue weighted by Crippen LogP contribution is -2.14. The number of hydrogen-bond donors (Lipinski definition) is 2. The van der Waals surface area contributed by atoms with E-state index in [0.29, 0.717) is 5.75 Å². The maximum atomic E-state index is 11.8. The number of para-hydroxylation sites is 2. The summed E-state index contributed by atoms with van der Waals surface area (Å²) in [5.41, 5.74) is 2.63. The molecule has 0 unspecified atom stereocenters. The minimum absolute atomic E-state index is 0.0679. The lowest BCUT2D eigenvalue weighted by Gasteiger charge is -2.02. The first-order chi connectivity index (χ1) is 9.81. The highest BCUT2D eigenvalue weighted by Crippen LogP contribution is 2.19. The van der Waals surface area contributed by atoms with Gasteiger partial charge in [-0.3, -0.25) is 9.78 Å². The second-order valence-electron chi connectivity index (χ2n) is 4.13. The van der Waals surface area contributed by atoms with Gasteiger partial charge in [0, 0.05) is 18.1 Å². The van der Waals surface area contributed by atoms with E-state index in [-0.39, 0.29) is 5.91 Å². The van der Waals surface area contributed by atoms with Crippen LogP contribution in [-0.2, 0) is 4.79 Å². The quantitative estimate of drug-likeness (QED) is 0.723. The highest BCUT2D eigenvalue weighted by atomic mass is 32.2. The van der Waals surface area contributed by atoms with Gasteiger partial charge in [-0.2, -0.15) is 0 Å². The topological polar surface area (TPSA) is 70.7 Å². The highest BCUT2D eigenvalue weighted by molar-refractivity contribution is 7.99. The summed E-state index contributed by atoms with van der Waals surface area (Å²) in [5.74, 6) is 0.240. The molecule has 2 N–H and O–H groups in total. The Labute approximate surface area is 119 Å². The Balaban J connectivity index is 1.60. The Morgan fingerprint density at radius 3 is 2.80 bits per heavy atom. The van der Waals surface area contributed by atoms with Crippen molar-refractivity contribution in [2.45, 2.75) is 5.16 Å². The number of aromatic amines is 1. The maximum absolute atomic E-state index is 11.8. The van der Waals surface area contributed by atoms with E-state index in [1.807, 2.05) is 24.3 Å². The summed E-state index contributed by atoms with van der Waals surface area (Å²) in [6, 6.07) is 11.3. The number of benzene rings is 1. The van der Waals surface area contributed by atoms with Crippen LogP contribution in [0.4, 0.5) is 5.69 Å². The molecule has 3 aromatic rings. The fourth-order valence-corrected chi connectivity index (χ4v) is 2.45. The molecular weight excluding hydrogens is 272 g/mol. The number of fused-ring (bicyclic) bond motifs is 1. The van der Waals surface area contributed by atoms with Crippen LogP contribution in [0, 0.1) is 0 Å². The Hall–Kier alpha value is -2.34. The molecule has 1 aromatic carbocycles. The zero-order valence-electron chi connectivity index (χ0n) is 10.5.